The molecule has 1 aliphatic heterocycles. The van der Waals surface area contributed by atoms with E-state index >= 15 is 0 Å². The lowest BCUT2D eigenvalue weighted by atomic mass is 9.76. The molecule has 166 valence electrons. The van der Waals surface area contributed by atoms with Crippen LogP contribution in [0, 0.1) is 6.92 Å². The van der Waals surface area contributed by atoms with Crippen molar-refractivity contribution in [1.82, 2.24) is 9.55 Å². The number of hydrogen-bond acceptors (Lipinski definition) is 5. The number of rotatable bonds is 4. The first-order valence-electron chi connectivity index (χ1n) is 10.0. The predicted molar refractivity (Wildman–Crippen MR) is 124 cm³/mol. The second kappa shape index (κ2) is 9.99. The Kier molecular flexibility index (Phi) is 7.59. The Hall–Kier alpha value is -2.13. The van der Waals surface area contributed by atoms with E-state index in [0.29, 0.717) is 6.26 Å². The van der Waals surface area contributed by atoms with E-state index in [1.807, 2.05) is 31.1 Å². The minimum Gasteiger partial charge on any atom is -0.381 e. The molecular weight excluding hydrogens is 432 g/mol. The average Bonchev–Trinajstić information content (AvgIpc) is 3.14. The van der Waals surface area contributed by atoms with Crippen LogP contribution in [-0.4, -0.2) is 42.0 Å². The lowest BCUT2D eigenvalue weighted by Gasteiger charge is -2.34. The Labute approximate surface area is 188 Å². The van der Waals surface area contributed by atoms with Crippen LogP contribution in [0.3, 0.4) is 0 Å². The molecule has 1 aromatic heterocycles. The summed E-state index contributed by atoms with van der Waals surface area (Å²) in [6.45, 7) is 6.11. The van der Waals surface area contributed by atoms with Crippen molar-refractivity contribution in [2.45, 2.75) is 41.9 Å². The summed E-state index contributed by atoms with van der Waals surface area (Å²) in [5.74, 6) is 1.00. The number of nitrogens with zero attached hydrogens (tertiary/aromatic N) is 2. The lowest BCUT2D eigenvalue weighted by Crippen LogP contribution is -2.30. The summed E-state index contributed by atoms with van der Waals surface area (Å²) in [5.41, 5.74) is 2.81. The lowest BCUT2D eigenvalue weighted by molar-refractivity contribution is 0.0564. The highest BCUT2D eigenvalue weighted by molar-refractivity contribution is 7.99. The van der Waals surface area contributed by atoms with Crippen LogP contribution in [0.1, 0.15) is 31.2 Å². The molecular formula is C23H28N2O4S2. The van der Waals surface area contributed by atoms with E-state index in [0.717, 1.165) is 37.6 Å². The molecule has 0 atom stereocenters. The van der Waals surface area contributed by atoms with Gasteiger partial charge in [0.05, 0.1) is 6.26 Å². The maximum absolute atomic E-state index is 9.19. The van der Waals surface area contributed by atoms with Gasteiger partial charge in [-0.15, -0.1) is 0 Å². The monoisotopic (exact) mass is 460 g/mol. The van der Waals surface area contributed by atoms with E-state index in [-0.39, 0.29) is 5.41 Å². The van der Waals surface area contributed by atoms with Gasteiger partial charge in [0.15, 0.2) is 0 Å². The number of hydrogen-bond donors (Lipinski definition) is 1. The molecule has 6 nitrogen and oxygen atoms in total. The number of imidazole rings is 1. The number of ether oxygens (including phenoxy) is 1. The smallest absolute Gasteiger partial charge is 0.261 e. The van der Waals surface area contributed by atoms with Crippen molar-refractivity contribution >= 4 is 21.9 Å². The third-order valence-electron chi connectivity index (χ3n) is 5.30. The fourth-order valence-corrected chi connectivity index (χ4v) is 4.38. The van der Waals surface area contributed by atoms with Crippen LogP contribution in [0.25, 0.3) is 5.69 Å². The minimum absolute atomic E-state index is 0.234. The molecule has 0 unspecified atom stereocenters. The second-order valence-electron chi connectivity index (χ2n) is 7.87. The molecule has 2 heterocycles. The van der Waals surface area contributed by atoms with E-state index in [1.165, 1.54) is 15.4 Å². The summed E-state index contributed by atoms with van der Waals surface area (Å²) in [4.78, 5) is 6.84. The molecule has 0 aliphatic carbocycles. The average molecular weight is 461 g/mol. The number of aryl methyl sites for hydroxylation is 1. The molecule has 3 aromatic rings. The topological polar surface area (TPSA) is 81.4 Å². The predicted octanol–water partition coefficient (Wildman–Crippen LogP) is 4.90. The molecule has 0 saturated carbocycles. The molecule has 4 rings (SSSR count). The summed E-state index contributed by atoms with van der Waals surface area (Å²) in [6, 6.07) is 17.7. The summed E-state index contributed by atoms with van der Waals surface area (Å²) < 4.78 is 33.5. The molecule has 1 fully saturated rings. The third kappa shape index (κ3) is 6.93. The van der Waals surface area contributed by atoms with Crippen LogP contribution < -0.4 is 0 Å². The van der Waals surface area contributed by atoms with Crippen LogP contribution >= 0.6 is 11.8 Å². The van der Waals surface area contributed by atoms with E-state index in [4.69, 9.17) is 9.29 Å². The molecule has 1 aliphatic rings. The van der Waals surface area contributed by atoms with Gasteiger partial charge in [0.2, 0.25) is 0 Å². The highest BCUT2D eigenvalue weighted by Gasteiger charge is 2.29. The van der Waals surface area contributed by atoms with Gasteiger partial charge >= 0.3 is 0 Å². The summed E-state index contributed by atoms with van der Waals surface area (Å²) in [5, 5.41) is 0. The van der Waals surface area contributed by atoms with Crippen LogP contribution in [-0.2, 0) is 20.3 Å². The van der Waals surface area contributed by atoms with Gasteiger partial charge in [-0.05, 0) is 67.1 Å². The first-order valence-corrected chi connectivity index (χ1v) is 12.7. The van der Waals surface area contributed by atoms with E-state index in [1.54, 1.807) is 0 Å². The van der Waals surface area contributed by atoms with Crippen LogP contribution in [0.2, 0.25) is 0 Å². The van der Waals surface area contributed by atoms with Crippen molar-refractivity contribution in [1.29, 1.82) is 0 Å². The van der Waals surface area contributed by atoms with Crippen LogP contribution in [0.15, 0.2) is 70.7 Å². The maximum Gasteiger partial charge on any atom is 0.261 e. The molecule has 1 N–H and O–H groups in total. The molecule has 0 amide bonds. The van der Waals surface area contributed by atoms with Gasteiger partial charge in [-0.2, -0.15) is 8.42 Å². The van der Waals surface area contributed by atoms with E-state index < -0.39 is 10.1 Å². The van der Waals surface area contributed by atoms with Gasteiger partial charge in [-0.3, -0.25) is 4.55 Å². The standard InChI is InChI=1S/C22H24N2OS.CH4O3S/c1-17-23-12-13-24(17)19-6-8-20(9-7-19)26-21-5-3-4-18(16-21)22(2)10-14-25-15-11-22;1-5(2,3)4/h3-9,12-13,16H,10-11,14-15H2,1-2H3;1H3,(H,2,3,4). The Bertz CT molecular complexity index is 1090. The molecule has 8 heteroatoms. The zero-order chi connectivity index (χ0) is 22.5. The Morgan fingerprint density at radius 1 is 1.10 bits per heavy atom. The van der Waals surface area contributed by atoms with Gasteiger partial charge in [-0.25, -0.2) is 4.98 Å². The van der Waals surface area contributed by atoms with Crippen LogP contribution in [0.5, 0.6) is 0 Å². The van der Waals surface area contributed by atoms with Crippen LogP contribution in [0.4, 0.5) is 0 Å². The Morgan fingerprint density at radius 2 is 1.74 bits per heavy atom. The first kappa shape index (κ1) is 23.5. The number of benzene rings is 2. The molecule has 31 heavy (non-hydrogen) atoms. The van der Waals surface area contributed by atoms with Gasteiger partial charge in [0.25, 0.3) is 10.1 Å². The van der Waals surface area contributed by atoms with E-state index in [9.17, 15) is 8.42 Å². The third-order valence-corrected chi connectivity index (χ3v) is 6.30. The molecule has 0 spiro atoms. The van der Waals surface area contributed by atoms with Gasteiger partial charge in [0.1, 0.15) is 5.82 Å². The van der Waals surface area contributed by atoms with Crippen molar-refractivity contribution in [3.8, 4) is 5.69 Å². The van der Waals surface area contributed by atoms with Crippen molar-refractivity contribution in [2.75, 3.05) is 19.5 Å². The molecule has 2 aromatic carbocycles. The summed E-state index contributed by atoms with van der Waals surface area (Å²) >= 11 is 1.82. The Morgan fingerprint density at radius 3 is 2.32 bits per heavy atom. The second-order valence-corrected chi connectivity index (χ2v) is 10.5. The van der Waals surface area contributed by atoms with Gasteiger partial charge in [-0.1, -0.05) is 30.8 Å². The fourth-order valence-electron chi connectivity index (χ4n) is 3.51. The highest BCUT2D eigenvalue weighted by Crippen LogP contribution is 2.37. The normalized spacial score (nSPS) is 15.7. The molecule has 0 radical (unpaired) electrons. The van der Waals surface area contributed by atoms with Crippen molar-refractivity contribution in [3.63, 3.8) is 0 Å². The SMILES string of the molecule is CS(=O)(=O)O.Cc1nccn1-c1ccc(Sc2cccc(C3(C)CCOCC3)c2)cc1. The summed E-state index contributed by atoms with van der Waals surface area (Å²) in [7, 11) is -3.67. The Balaban J connectivity index is 0.000000491. The zero-order valence-electron chi connectivity index (χ0n) is 18.0. The molecule has 0 bridgehead atoms. The maximum atomic E-state index is 9.19. The van der Waals surface area contributed by atoms with Crippen molar-refractivity contribution < 1.29 is 17.7 Å². The van der Waals surface area contributed by atoms with Crippen molar-refractivity contribution in [3.05, 3.63) is 72.3 Å². The van der Waals surface area contributed by atoms with E-state index in [2.05, 4.69) is 65.0 Å². The molecule has 1 saturated heterocycles. The summed E-state index contributed by atoms with van der Waals surface area (Å²) in [6.07, 6.45) is 6.74. The van der Waals surface area contributed by atoms with Gasteiger partial charge < -0.3 is 9.30 Å². The highest BCUT2D eigenvalue weighted by atomic mass is 32.2. The fraction of sp³-hybridized carbons (Fsp3) is 0.348. The largest absolute Gasteiger partial charge is 0.381 e. The van der Waals surface area contributed by atoms with Crippen molar-refractivity contribution in [2.24, 2.45) is 0 Å². The first-order chi connectivity index (χ1) is 14.6. The zero-order valence-corrected chi connectivity index (χ0v) is 19.6. The number of aromatic nitrogens is 2. The quantitative estimate of drug-likeness (QED) is 0.558. The van der Waals surface area contributed by atoms with Gasteiger partial charge in [0, 0.05) is 41.1 Å². The minimum atomic E-state index is -3.67.